The second kappa shape index (κ2) is 5.76. The molecule has 4 heteroatoms. The number of benzene rings is 2. The number of carbonyl (C=O) groups is 1. The third-order valence-electron chi connectivity index (χ3n) is 3.03. The molecular weight excluding hydrogens is 326 g/mol. The molecule has 2 aromatic rings. The van der Waals surface area contributed by atoms with E-state index >= 15 is 0 Å². The molecule has 0 bridgehead atoms. The zero-order chi connectivity index (χ0) is 14.0. The molecule has 2 nitrogen and oxygen atoms in total. The Morgan fingerprint density at radius 2 is 1.95 bits per heavy atom. The molecule has 0 radical (unpaired) electrons. The van der Waals surface area contributed by atoms with E-state index in [1.165, 1.54) is 0 Å². The highest BCUT2D eigenvalue weighted by Gasteiger charge is 2.10. The van der Waals surface area contributed by atoms with E-state index < -0.39 is 0 Å². The van der Waals surface area contributed by atoms with Crippen molar-refractivity contribution in [2.24, 2.45) is 0 Å². The number of hydrogen-bond donors (Lipinski definition) is 1. The maximum atomic E-state index is 12.2. The summed E-state index contributed by atoms with van der Waals surface area (Å²) in [6.45, 7) is 3.93. The molecule has 0 saturated heterocycles. The fourth-order valence-electron chi connectivity index (χ4n) is 1.77. The van der Waals surface area contributed by atoms with Crippen molar-refractivity contribution in [2.75, 3.05) is 5.32 Å². The van der Waals surface area contributed by atoms with Crippen molar-refractivity contribution in [1.29, 1.82) is 0 Å². The van der Waals surface area contributed by atoms with Crippen molar-refractivity contribution < 1.29 is 4.79 Å². The van der Waals surface area contributed by atoms with Gasteiger partial charge in [-0.25, -0.2) is 0 Å². The van der Waals surface area contributed by atoms with Crippen molar-refractivity contribution in [3.63, 3.8) is 0 Å². The minimum atomic E-state index is -0.125. The zero-order valence-electron chi connectivity index (χ0n) is 10.6. The molecular formula is C15H13BrClNO. The van der Waals surface area contributed by atoms with Gasteiger partial charge in [-0.3, -0.25) is 4.79 Å². The number of amides is 1. The molecule has 0 fully saturated rings. The summed E-state index contributed by atoms with van der Waals surface area (Å²) < 4.78 is 0.805. The molecule has 2 aromatic carbocycles. The van der Waals surface area contributed by atoms with E-state index in [0.717, 1.165) is 15.6 Å². The van der Waals surface area contributed by atoms with Crippen LogP contribution in [-0.4, -0.2) is 5.91 Å². The first kappa shape index (κ1) is 14.1. The maximum Gasteiger partial charge on any atom is 0.255 e. The summed E-state index contributed by atoms with van der Waals surface area (Å²) in [5.74, 6) is -0.125. The van der Waals surface area contributed by atoms with Gasteiger partial charge in [0, 0.05) is 15.7 Å². The summed E-state index contributed by atoms with van der Waals surface area (Å²) in [7, 11) is 0. The number of hydrogen-bond acceptors (Lipinski definition) is 1. The van der Waals surface area contributed by atoms with E-state index in [0.29, 0.717) is 16.3 Å². The van der Waals surface area contributed by atoms with Crippen LogP contribution in [0.1, 0.15) is 21.5 Å². The van der Waals surface area contributed by atoms with Gasteiger partial charge in [-0.2, -0.15) is 0 Å². The second-order valence-corrected chi connectivity index (χ2v) is 5.59. The Morgan fingerprint density at radius 1 is 1.21 bits per heavy atom. The number of aryl methyl sites for hydroxylation is 1. The second-order valence-electron chi connectivity index (χ2n) is 4.33. The van der Waals surface area contributed by atoms with E-state index in [4.69, 9.17) is 11.6 Å². The molecule has 1 N–H and O–H groups in total. The van der Waals surface area contributed by atoms with Gasteiger partial charge in [0.2, 0.25) is 0 Å². The highest BCUT2D eigenvalue weighted by Crippen LogP contribution is 2.26. The predicted molar refractivity (Wildman–Crippen MR) is 83.0 cm³/mol. The summed E-state index contributed by atoms with van der Waals surface area (Å²) in [6, 6.07) is 11.0. The lowest BCUT2D eigenvalue weighted by Crippen LogP contribution is -2.13. The maximum absolute atomic E-state index is 12.2. The van der Waals surface area contributed by atoms with E-state index in [-0.39, 0.29) is 5.91 Å². The lowest BCUT2D eigenvalue weighted by atomic mass is 10.0. The van der Waals surface area contributed by atoms with Crippen molar-refractivity contribution in [1.82, 2.24) is 0 Å². The monoisotopic (exact) mass is 337 g/mol. The first-order chi connectivity index (χ1) is 8.99. The van der Waals surface area contributed by atoms with Gasteiger partial charge < -0.3 is 5.32 Å². The van der Waals surface area contributed by atoms with Gasteiger partial charge in [-0.15, -0.1) is 0 Å². The molecule has 98 valence electrons. The third-order valence-corrected chi connectivity index (χ3v) is 4.26. The summed E-state index contributed by atoms with van der Waals surface area (Å²) in [6.07, 6.45) is 0. The molecule has 0 heterocycles. The minimum absolute atomic E-state index is 0.125. The van der Waals surface area contributed by atoms with Crippen molar-refractivity contribution in [2.45, 2.75) is 13.8 Å². The van der Waals surface area contributed by atoms with Gasteiger partial charge in [-0.05, 0) is 65.2 Å². The van der Waals surface area contributed by atoms with Gasteiger partial charge in [0.05, 0.1) is 5.02 Å². The number of nitrogens with one attached hydrogen (secondary N) is 1. The Labute approximate surface area is 125 Å². The summed E-state index contributed by atoms with van der Waals surface area (Å²) >= 11 is 9.32. The fraction of sp³-hybridized carbons (Fsp3) is 0.133. The van der Waals surface area contributed by atoms with E-state index in [2.05, 4.69) is 21.2 Å². The smallest absolute Gasteiger partial charge is 0.255 e. The van der Waals surface area contributed by atoms with Crippen LogP contribution < -0.4 is 5.32 Å². The Bertz CT molecular complexity index is 640. The van der Waals surface area contributed by atoms with Crippen LogP contribution in [0.2, 0.25) is 5.02 Å². The van der Waals surface area contributed by atoms with Crippen LogP contribution in [-0.2, 0) is 0 Å². The Morgan fingerprint density at radius 3 is 2.63 bits per heavy atom. The molecule has 0 atom stereocenters. The average Bonchev–Trinajstić information content (AvgIpc) is 2.37. The standard InChI is InChI=1S/C15H13BrClNO/c1-9-4-3-5-12(10(9)2)15(19)18-11-6-7-13(16)14(17)8-11/h3-8H,1-2H3,(H,18,19). The van der Waals surface area contributed by atoms with Crippen molar-refractivity contribution in [3.05, 3.63) is 62.6 Å². The van der Waals surface area contributed by atoms with Crippen LogP contribution in [0.3, 0.4) is 0 Å². The number of rotatable bonds is 2. The van der Waals surface area contributed by atoms with E-state index in [1.807, 2.05) is 32.0 Å². The molecule has 0 unspecified atom stereocenters. The van der Waals surface area contributed by atoms with Crippen LogP contribution in [0.15, 0.2) is 40.9 Å². The fourth-order valence-corrected chi connectivity index (χ4v) is 2.20. The quantitative estimate of drug-likeness (QED) is 0.823. The molecule has 0 saturated carbocycles. The summed E-state index contributed by atoms with van der Waals surface area (Å²) in [4.78, 5) is 12.2. The molecule has 0 aliphatic carbocycles. The lowest BCUT2D eigenvalue weighted by molar-refractivity contribution is 0.102. The lowest BCUT2D eigenvalue weighted by Gasteiger charge is -2.10. The van der Waals surface area contributed by atoms with E-state index in [1.54, 1.807) is 18.2 Å². The van der Waals surface area contributed by atoms with Gasteiger partial charge in [-0.1, -0.05) is 23.7 Å². The van der Waals surface area contributed by atoms with Crippen LogP contribution in [0.5, 0.6) is 0 Å². The first-order valence-electron chi connectivity index (χ1n) is 5.81. The molecule has 0 aromatic heterocycles. The number of halogens is 2. The molecule has 19 heavy (non-hydrogen) atoms. The predicted octanol–water partition coefficient (Wildman–Crippen LogP) is 4.97. The van der Waals surface area contributed by atoms with Crippen molar-refractivity contribution >= 4 is 39.1 Å². The Kier molecular flexibility index (Phi) is 4.27. The topological polar surface area (TPSA) is 29.1 Å². The Hall–Kier alpha value is -1.32. The molecule has 2 rings (SSSR count). The number of anilines is 1. The molecule has 0 aliphatic heterocycles. The van der Waals surface area contributed by atoms with Crippen molar-refractivity contribution in [3.8, 4) is 0 Å². The highest BCUT2D eigenvalue weighted by atomic mass is 79.9. The highest BCUT2D eigenvalue weighted by molar-refractivity contribution is 9.10. The van der Waals surface area contributed by atoms with Gasteiger partial charge in [0.1, 0.15) is 0 Å². The first-order valence-corrected chi connectivity index (χ1v) is 6.99. The SMILES string of the molecule is Cc1cccc(C(=O)Nc2ccc(Br)c(Cl)c2)c1C. The average molecular weight is 339 g/mol. The van der Waals surface area contributed by atoms with Crippen LogP contribution >= 0.6 is 27.5 Å². The van der Waals surface area contributed by atoms with Crippen LogP contribution in [0, 0.1) is 13.8 Å². The van der Waals surface area contributed by atoms with Gasteiger partial charge in [0.25, 0.3) is 5.91 Å². The summed E-state index contributed by atoms with van der Waals surface area (Å²) in [5, 5.41) is 3.42. The van der Waals surface area contributed by atoms with E-state index in [9.17, 15) is 4.79 Å². The van der Waals surface area contributed by atoms with Crippen LogP contribution in [0.4, 0.5) is 5.69 Å². The van der Waals surface area contributed by atoms with Gasteiger partial charge in [0.15, 0.2) is 0 Å². The summed E-state index contributed by atoms with van der Waals surface area (Å²) in [5.41, 5.74) is 3.45. The molecule has 0 aliphatic rings. The van der Waals surface area contributed by atoms with Gasteiger partial charge >= 0.3 is 0 Å². The van der Waals surface area contributed by atoms with Crippen LogP contribution in [0.25, 0.3) is 0 Å². The zero-order valence-corrected chi connectivity index (χ0v) is 13.0. The Balaban J connectivity index is 2.26. The number of carbonyl (C=O) groups excluding carboxylic acids is 1. The third kappa shape index (κ3) is 3.17. The molecule has 1 amide bonds. The minimum Gasteiger partial charge on any atom is -0.322 e. The molecule has 0 spiro atoms. The normalized spacial score (nSPS) is 10.3. The largest absolute Gasteiger partial charge is 0.322 e.